The lowest BCUT2D eigenvalue weighted by atomic mass is 10.1. The van der Waals surface area contributed by atoms with E-state index in [0.29, 0.717) is 5.92 Å². The van der Waals surface area contributed by atoms with Crippen molar-refractivity contribution in [2.45, 2.75) is 37.9 Å². The SMILES string of the molecule is CSc1nccc(N(C)CC2CCN(C(=O)OC(C)(C)C)C2)n1. The van der Waals surface area contributed by atoms with Crippen molar-refractivity contribution >= 4 is 23.7 Å². The Labute approximate surface area is 142 Å². The van der Waals surface area contributed by atoms with Crippen molar-refractivity contribution in [2.24, 2.45) is 5.92 Å². The number of anilines is 1. The fraction of sp³-hybridized carbons (Fsp3) is 0.688. The van der Waals surface area contributed by atoms with Gasteiger partial charge in [0, 0.05) is 32.9 Å². The topological polar surface area (TPSA) is 58.6 Å². The highest BCUT2D eigenvalue weighted by atomic mass is 32.2. The second-order valence-corrected chi connectivity index (χ2v) is 7.64. The van der Waals surface area contributed by atoms with Crippen LogP contribution in [0.3, 0.4) is 0 Å². The summed E-state index contributed by atoms with van der Waals surface area (Å²) in [6.07, 6.45) is 4.53. The summed E-state index contributed by atoms with van der Waals surface area (Å²) in [7, 11) is 2.03. The van der Waals surface area contributed by atoms with Crippen LogP contribution in [0.1, 0.15) is 27.2 Å². The molecule has 7 heteroatoms. The second kappa shape index (κ2) is 7.38. The molecule has 23 heavy (non-hydrogen) atoms. The first-order valence-corrected chi connectivity index (χ1v) is 9.07. The van der Waals surface area contributed by atoms with Crippen molar-refractivity contribution in [1.29, 1.82) is 0 Å². The molecular formula is C16H26N4O2S. The molecule has 0 aromatic carbocycles. The highest BCUT2D eigenvalue weighted by Gasteiger charge is 2.30. The van der Waals surface area contributed by atoms with Crippen LogP contribution in [-0.4, -0.2) is 59.5 Å². The van der Waals surface area contributed by atoms with Gasteiger partial charge in [0.2, 0.25) is 0 Å². The summed E-state index contributed by atoms with van der Waals surface area (Å²) in [5, 5.41) is 0.774. The van der Waals surface area contributed by atoms with E-state index in [2.05, 4.69) is 14.9 Å². The molecule has 0 radical (unpaired) electrons. The molecular weight excluding hydrogens is 312 g/mol. The monoisotopic (exact) mass is 338 g/mol. The van der Waals surface area contributed by atoms with Crippen LogP contribution in [0.15, 0.2) is 17.4 Å². The molecule has 1 aromatic heterocycles. The molecule has 1 aromatic rings. The van der Waals surface area contributed by atoms with E-state index in [1.807, 2.05) is 40.1 Å². The van der Waals surface area contributed by atoms with Crippen LogP contribution < -0.4 is 4.90 Å². The summed E-state index contributed by atoms with van der Waals surface area (Å²) in [4.78, 5) is 24.8. The number of amides is 1. The Morgan fingerprint density at radius 3 is 2.91 bits per heavy atom. The predicted octanol–water partition coefficient (Wildman–Crippen LogP) is 2.89. The van der Waals surface area contributed by atoms with Crippen molar-refractivity contribution in [3.05, 3.63) is 12.3 Å². The molecule has 0 aliphatic carbocycles. The summed E-state index contributed by atoms with van der Waals surface area (Å²) in [5.41, 5.74) is -0.443. The number of carbonyl (C=O) groups excluding carboxylic acids is 1. The summed E-state index contributed by atoms with van der Waals surface area (Å²) in [6.45, 7) is 8.04. The van der Waals surface area contributed by atoms with Gasteiger partial charge in [0.25, 0.3) is 0 Å². The van der Waals surface area contributed by atoms with Gasteiger partial charge in [-0.25, -0.2) is 14.8 Å². The largest absolute Gasteiger partial charge is 0.444 e. The number of likely N-dealkylation sites (tertiary alicyclic amines) is 1. The highest BCUT2D eigenvalue weighted by molar-refractivity contribution is 7.98. The van der Waals surface area contributed by atoms with Crippen molar-refractivity contribution in [1.82, 2.24) is 14.9 Å². The van der Waals surface area contributed by atoms with E-state index < -0.39 is 5.60 Å². The van der Waals surface area contributed by atoms with Crippen LogP contribution in [0.25, 0.3) is 0 Å². The maximum absolute atomic E-state index is 12.1. The molecule has 1 atom stereocenters. The highest BCUT2D eigenvalue weighted by Crippen LogP contribution is 2.22. The fourth-order valence-corrected chi connectivity index (χ4v) is 2.95. The summed E-state index contributed by atoms with van der Waals surface area (Å²) in [6, 6.07) is 1.92. The van der Waals surface area contributed by atoms with Gasteiger partial charge in [-0.3, -0.25) is 0 Å². The van der Waals surface area contributed by atoms with E-state index in [1.54, 1.807) is 11.1 Å². The predicted molar refractivity (Wildman–Crippen MR) is 93.0 cm³/mol. The number of aromatic nitrogens is 2. The first-order valence-electron chi connectivity index (χ1n) is 7.84. The first kappa shape index (κ1) is 17.8. The fourth-order valence-electron chi connectivity index (χ4n) is 2.60. The van der Waals surface area contributed by atoms with Gasteiger partial charge >= 0.3 is 6.09 Å². The minimum Gasteiger partial charge on any atom is -0.444 e. The zero-order valence-electron chi connectivity index (χ0n) is 14.6. The molecule has 1 fully saturated rings. The maximum Gasteiger partial charge on any atom is 0.410 e. The summed E-state index contributed by atoms with van der Waals surface area (Å²) in [5.74, 6) is 1.35. The Bertz CT molecular complexity index is 547. The molecule has 0 bridgehead atoms. The van der Waals surface area contributed by atoms with E-state index in [4.69, 9.17) is 4.74 Å². The van der Waals surface area contributed by atoms with Crippen molar-refractivity contribution in [3.63, 3.8) is 0 Å². The molecule has 1 amide bonds. The molecule has 2 rings (SSSR count). The normalized spacial score (nSPS) is 18.1. The Kier molecular flexibility index (Phi) is 5.73. The zero-order valence-corrected chi connectivity index (χ0v) is 15.4. The van der Waals surface area contributed by atoms with Crippen molar-refractivity contribution in [2.75, 3.05) is 37.8 Å². The Balaban J connectivity index is 1.88. The van der Waals surface area contributed by atoms with Gasteiger partial charge in [-0.2, -0.15) is 0 Å². The van der Waals surface area contributed by atoms with Crippen LogP contribution in [0, 0.1) is 5.92 Å². The van der Waals surface area contributed by atoms with E-state index in [9.17, 15) is 4.79 Å². The average molecular weight is 338 g/mol. The van der Waals surface area contributed by atoms with Crippen molar-refractivity contribution in [3.8, 4) is 0 Å². The van der Waals surface area contributed by atoms with Crippen LogP contribution in [0.5, 0.6) is 0 Å². The lowest BCUT2D eigenvalue weighted by molar-refractivity contribution is 0.0288. The maximum atomic E-state index is 12.1. The third-order valence-corrected chi connectivity index (χ3v) is 4.22. The zero-order chi connectivity index (χ0) is 17.0. The molecule has 1 aliphatic heterocycles. The van der Waals surface area contributed by atoms with E-state index in [1.165, 1.54) is 11.8 Å². The molecule has 0 saturated carbocycles. The minimum absolute atomic E-state index is 0.214. The Morgan fingerprint density at radius 1 is 1.52 bits per heavy atom. The molecule has 1 saturated heterocycles. The van der Waals surface area contributed by atoms with Crippen LogP contribution >= 0.6 is 11.8 Å². The standard InChI is InChI=1S/C16H26N4O2S/c1-16(2,3)22-15(21)20-9-7-12(11-20)10-19(4)13-6-8-17-14(18-13)23-5/h6,8,12H,7,9-11H2,1-5H3. The van der Waals surface area contributed by atoms with E-state index in [-0.39, 0.29) is 6.09 Å². The van der Waals surface area contributed by atoms with Crippen molar-refractivity contribution < 1.29 is 9.53 Å². The number of thioether (sulfide) groups is 1. The van der Waals surface area contributed by atoms with E-state index in [0.717, 1.165) is 37.0 Å². The van der Waals surface area contributed by atoms with Gasteiger partial charge in [-0.05, 0) is 45.4 Å². The lowest BCUT2D eigenvalue weighted by Crippen LogP contribution is -2.36. The first-order chi connectivity index (χ1) is 10.8. The summed E-state index contributed by atoms with van der Waals surface area (Å²) < 4.78 is 5.44. The molecule has 128 valence electrons. The third kappa shape index (κ3) is 5.27. The molecule has 1 aliphatic rings. The van der Waals surface area contributed by atoms with Gasteiger partial charge in [-0.1, -0.05) is 11.8 Å². The lowest BCUT2D eigenvalue weighted by Gasteiger charge is -2.25. The number of hydrogen-bond donors (Lipinski definition) is 0. The van der Waals surface area contributed by atoms with Gasteiger partial charge in [0.1, 0.15) is 11.4 Å². The van der Waals surface area contributed by atoms with Crippen LogP contribution in [0.2, 0.25) is 0 Å². The molecule has 6 nitrogen and oxygen atoms in total. The van der Waals surface area contributed by atoms with Crippen LogP contribution in [-0.2, 0) is 4.74 Å². The average Bonchev–Trinajstić information content (AvgIpc) is 2.94. The Morgan fingerprint density at radius 2 is 2.26 bits per heavy atom. The van der Waals surface area contributed by atoms with Crippen LogP contribution in [0.4, 0.5) is 10.6 Å². The van der Waals surface area contributed by atoms with E-state index >= 15 is 0 Å². The minimum atomic E-state index is -0.443. The molecule has 0 N–H and O–H groups in total. The quantitative estimate of drug-likeness (QED) is 0.621. The number of hydrogen-bond acceptors (Lipinski definition) is 6. The smallest absolute Gasteiger partial charge is 0.410 e. The molecule has 2 heterocycles. The molecule has 0 spiro atoms. The number of nitrogens with zero attached hydrogens (tertiary/aromatic N) is 4. The van der Waals surface area contributed by atoms with Gasteiger partial charge in [-0.15, -0.1) is 0 Å². The molecule has 1 unspecified atom stereocenters. The number of ether oxygens (including phenoxy) is 1. The second-order valence-electron chi connectivity index (χ2n) is 6.86. The van der Waals surface area contributed by atoms with Gasteiger partial charge < -0.3 is 14.5 Å². The number of rotatable bonds is 4. The van der Waals surface area contributed by atoms with Gasteiger partial charge in [0.05, 0.1) is 0 Å². The summed E-state index contributed by atoms with van der Waals surface area (Å²) >= 11 is 1.53. The number of carbonyl (C=O) groups is 1. The van der Waals surface area contributed by atoms with Gasteiger partial charge in [0.15, 0.2) is 5.16 Å². The third-order valence-electron chi connectivity index (χ3n) is 3.66. The Hall–Kier alpha value is -1.50.